The van der Waals surface area contributed by atoms with Crippen molar-refractivity contribution < 1.29 is 20.1 Å². The third kappa shape index (κ3) is 2.39. The number of carbonyl (C=O) groups excluding carboxylic acids is 1. The van der Waals surface area contributed by atoms with Gasteiger partial charge >= 0.3 is 0 Å². The van der Waals surface area contributed by atoms with Crippen LogP contribution in [-0.4, -0.2) is 21.1 Å². The molecule has 1 rings (SSSR count). The molecule has 0 atom stereocenters. The number of aromatic hydroxyl groups is 3. The van der Waals surface area contributed by atoms with Crippen molar-refractivity contribution in [3.05, 3.63) is 17.7 Å². The van der Waals surface area contributed by atoms with Gasteiger partial charge in [0.15, 0.2) is 11.5 Å². The number of hydrogen-bond donors (Lipinski definition) is 3. The van der Waals surface area contributed by atoms with Gasteiger partial charge in [-0.15, -0.1) is 0 Å². The maximum atomic E-state index is 10.7. The molecule has 76 valence electrons. The molecule has 1 aromatic carbocycles. The molecule has 0 aromatic heterocycles. The number of ketones is 1. The minimum Gasteiger partial charge on any atom is -0.508 e. The average Bonchev–Trinajstić information content (AvgIpc) is 2.09. The van der Waals surface area contributed by atoms with E-state index >= 15 is 0 Å². The van der Waals surface area contributed by atoms with Gasteiger partial charge in [0.2, 0.25) is 0 Å². The van der Waals surface area contributed by atoms with Crippen molar-refractivity contribution in [1.82, 2.24) is 0 Å². The van der Waals surface area contributed by atoms with Crippen LogP contribution in [0.3, 0.4) is 0 Å². The van der Waals surface area contributed by atoms with Crippen LogP contribution in [0.4, 0.5) is 0 Å². The predicted octanol–water partition coefficient (Wildman–Crippen LogP) is 1.32. The Morgan fingerprint density at radius 2 is 1.71 bits per heavy atom. The van der Waals surface area contributed by atoms with Crippen LogP contribution in [0.2, 0.25) is 0 Å². The number of aryl methyl sites for hydroxylation is 1. The second kappa shape index (κ2) is 4.00. The van der Waals surface area contributed by atoms with Crippen LogP contribution in [-0.2, 0) is 11.2 Å². The number of Topliss-reactive ketones (excluding diaryl/α,β-unsaturated/α-hetero) is 1. The fourth-order valence-corrected chi connectivity index (χ4v) is 1.12. The molecule has 0 aliphatic carbocycles. The summed E-state index contributed by atoms with van der Waals surface area (Å²) in [5, 5.41) is 27.5. The van der Waals surface area contributed by atoms with E-state index in [1.807, 2.05) is 0 Å². The van der Waals surface area contributed by atoms with Crippen LogP contribution in [0.25, 0.3) is 0 Å². The van der Waals surface area contributed by atoms with Gasteiger partial charge in [-0.25, -0.2) is 0 Å². The summed E-state index contributed by atoms with van der Waals surface area (Å²) in [5.74, 6) is -0.756. The van der Waals surface area contributed by atoms with Crippen LogP contribution in [0.5, 0.6) is 17.2 Å². The van der Waals surface area contributed by atoms with Crippen molar-refractivity contribution in [2.75, 3.05) is 0 Å². The molecule has 4 nitrogen and oxygen atoms in total. The van der Waals surface area contributed by atoms with Crippen molar-refractivity contribution in [3.63, 3.8) is 0 Å². The highest BCUT2D eigenvalue weighted by molar-refractivity contribution is 5.75. The van der Waals surface area contributed by atoms with Gasteiger partial charge in [0, 0.05) is 12.5 Å². The monoisotopic (exact) mass is 196 g/mol. The Hall–Kier alpha value is -1.71. The van der Waals surface area contributed by atoms with Crippen molar-refractivity contribution in [3.8, 4) is 17.2 Å². The molecule has 0 fully saturated rings. The van der Waals surface area contributed by atoms with Gasteiger partial charge in [0.1, 0.15) is 11.5 Å². The summed E-state index contributed by atoms with van der Waals surface area (Å²) in [6.07, 6.45) is 0.660. The molecule has 4 heteroatoms. The van der Waals surface area contributed by atoms with Crippen LogP contribution < -0.4 is 0 Å². The lowest BCUT2D eigenvalue weighted by Crippen LogP contribution is -1.94. The number of phenols is 3. The van der Waals surface area contributed by atoms with Gasteiger partial charge in [-0.3, -0.25) is 0 Å². The van der Waals surface area contributed by atoms with Crippen molar-refractivity contribution in [2.24, 2.45) is 0 Å². The van der Waals surface area contributed by atoms with Gasteiger partial charge in [-0.2, -0.15) is 0 Å². The molecular weight excluding hydrogens is 184 g/mol. The van der Waals surface area contributed by atoms with Crippen LogP contribution >= 0.6 is 0 Å². The average molecular weight is 196 g/mol. The minimum atomic E-state index is -0.367. The summed E-state index contributed by atoms with van der Waals surface area (Å²) in [6, 6.07) is 2.32. The number of rotatable bonds is 3. The summed E-state index contributed by atoms with van der Waals surface area (Å²) >= 11 is 0. The zero-order valence-electron chi connectivity index (χ0n) is 7.82. The molecule has 0 aliphatic heterocycles. The molecule has 0 bridgehead atoms. The summed E-state index contributed by atoms with van der Waals surface area (Å²) in [4.78, 5) is 10.7. The number of hydrogen-bond acceptors (Lipinski definition) is 4. The Kier molecular flexibility index (Phi) is 2.96. The van der Waals surface area contributed by atoms with Crippen LogP contribution in [0.1, 0.15) is 18.9 Å². The highest BCUT2D eigenvalue weighted by Gasteiger charge is 2.08. The molecule has 0 saturated heterocycles. The Labute approximate surface area is 81.4 Å². The molecule has 0 heterocycles. The fraction of sp³-hybridized carbons (Fsp3) is 0.300. The van der Waals surface area contributed by atoms with Crippen LogP contribution in [0, 0.1) is 0 Å². The van der Waals surface area contributed by atoms with E-state index in [0.717, 1.165) is 6.07 Å². The molecule has 0 amide bonds. The molecule has 0 aliphatic rings. The van der Waals surface area contributed by atoms with Gasteiger partial charge in [-0.1, -0.05) is 0 Å². The van der Waals surface area contributed by atoms with E-state index in [4.69, 9.17) is 10.2 Å². The Morgan fingerprint density at radius 1 is 1.14 bits per heavy atom. The Bertz CT molecular complexity index is 357. The zero-order valence-corrected chi connectivity index (χ0v) is 7.82. The van der Waals surface area contributed by atoms with Crippen molar-refractivity contribution >= 4 is 5.78 Å². The number of benzene rings is 1. The second-order valence-corrected chi connectivity index (χ2v) is 3.17. The first-order valence-electron chi connectivity index (χ1n) is 4.24. The number of carbonyl (C=O) groups is 1. The summed E-state index contributed by atoms with van der Waals surface area (Å²) in [5.41, 5.74) is 0.454. The third-order valence-corrected chi connectivity index (χ3v) is 1.92. The Morgan fingerprint density at radius 3 is 2.29 bits per heavy atom. The third-order valence-electron chi connectivity index (χ3n) is 1.92. The highest BCUT2D eigenvalue weighted by Crippen LogP contribution is 2.32. The van der Waals surface area contributed by atoms with Crippen molar-refractivity contribution in [2.45, 2.75) is 19.8 Å². The molecule has 0 saturated carbocycles. The zero-order chi connectivity index (χ0) is 10.7. The lowest BCUT2D eigenvalue weighted by molar-refractivity contribution is -0.116. The molecule has 1 aromatic rings. The van der Waals surface area contributed by atoms with E-state index in [9.17, 15) is 9.90 Å². The van der Waals surface area contributed by atoms with E-state index in [-0.39, 0.29) is 23.0 Å². The SMILES string of the molecule is CC(=O)CCc1cc(O)c(O)cc1O. The van der Waals surface area contributed by atoms with Gasteiger partial charge in [0.05, 0.1) is 0 Å². The highest BCUT2D eigenvalue weighted by atomic mass is 16.3. The largest absolute Gasteiger partial charge is 0.508 e. The Balaban J connectivity index is 2.87. The maximum Gasteiger partial charge on any atom is 0.161 e. The smallest absolute Gasteiger partial charge is 0.161 e. The van der Waals surface area contributed by atoms with E-state index < -0.39 is 0 Å². The molecule has 0 unspecified atom stereocenters. The first-order valence-corrected chi connectivity index (χ1v) is 4.24. The second-order valence-electron chi connectivity index (χ2n) is 3.17. The topological polar surface area (TPSA) is 77.8 Å². The van der Waals surface area contributed by atoms with Crippen molar-refractivity contribution in [1.29, 1.82) is 0 Å². The summed E-state index contributed by atoms with van der Waals surface area (Å²) < 4.78 is 0. The first-order chi connectivity index (χ1) is 6.50. The quantitative estimate of drug-likeness (QED) is 0.503. The first kappa shape index (κ1) is 10.4. The van der Waals surface area contributed by atoms with E-state index in [0.29, 0.717) is 18.4 Å². The lowest BCUT2D eigenvalue weighted by atomic mass is 10.1. The number of phenolic OH excluding ortho intramolecular Hbond substituents is 3. The normalized spacial score (nSPS) is 10.1. The molecular formula is C10H12O4. The van der Waals surface area contributed by atoms with Crippen LogP contribution in [0.15, 0.2) is 12.1 Å². The minimum absolute atomic E-state index is 0.0111. The molecule has 0 radical (unpaired) electrons. The summed E-state index contributed by atoms with van der Waals surface area (Å²) in [7, 11) is 0. The molecule has 14 heavy (non-hydrogen) atoms. The molecule has 3 N–H and O–H groups in total. The van der Waals surface area contributed by atoms with E-state index in [1.165, 1.54) is 13.0 Å². The maximum absolute atomic E-state index is 10.7. The molecule has 0 spiro atoms. The lowest BCUT2D eigenvalue weighted by Gasteiger charge is -2.05. The van der Waals surface area contributed by atoms with Gasteiger partial charge in [0.25, 0.3) is 0 Å². The van der Waals surface area contributed by atoms with Gasteiger partial charge < -0.3 is 20.1 Å². The van der Waals surface area contributed by atoms with Gasteiger partial charge in [-0.05, 0) is 25.0 Å². The summed E-state index contributed by atoms with van der Waals surface area (Å²) in [6.45, 7) is 1.46. The fourth-order valence-electron chi connectivity index (χ4n) is 1.12. The van der Waals surface area contributed by atoms with E-state index in [2.05, 4.69) is 0 Å². The standard InChI is InChI=1S/C10H12O4/c1-6(11)2-3-7-4-9(13)10(14)5-8(7)12/h4-5,12-14H,2-3H2,1H3. The van der Waals surface area contributed by atoms with E-state index in [1.54, 1.807) is 0 Å². The predicted molar refractivity (Wildman–Crippen MR) is 50.4 cm³/mol.